The molecular weight excluding hydrogens is 359 g/mol. The molecule has 1 N–H and O–H groups in total. The Morgan fingerprint density at radius 2 is 2.14 bits per heavy atom. The average molecular weight is 376 g/mol. The molecule has 1 aliphatic heterocycles. The Bertz CT molecular complexity index is 1200. The van der Waals surface area contributed by atoms with E-state index in [4.69, 9.17) is 4.52 Å². The van der Waals surface area contributed by atoms with E-state index in [-0.39, 0.29) is 24.1 Å². The molecule has 28 heavy (non-hydrogen) atoms. The van der Waals surface area contributed by atoms with Crippen molar-refractivity contribution >= 4 is 22.5 Å². The maximum Gasteiger partial charge on any atom is 0.258 e. The highest BCUT2D eigenvalue weighted by molar-refractivity contribution is 5.97. The van der Waals surface area contributed by atoms with Crippen LogP contribution in [0.2, 0.25) is 0 Å². The molecule has 1 unspecified atom stereocenters. The van der Waals surface area contributed by atoms with Gasteiger partial charge >= 0.3 is 0 Å². The lowest BCUT2D eigenvalue weighted by Crippen LogP contribution is -2.25. The molecule has 0 saturated carbocycles. The fourth-order valence-corrected chi connectivity index (χ4v) is 3.77. The maximum absolute atomic E-state index is 13.7. The van der Waals surface area contributed by atoms with Crippen LogP contribution < -0.4 is 4.90 Å². The van der Waals surface area contributed by atoms with Crippen molar-refractivity contribution < 1.29 is 13.7 Å². The van der Waals surface area contributed by atoms with Crippen molar-refractivity contribution in [1.82, 2.24) is 15.1 Å². The number of hydrogen-bond donors (Lipinski definition) is 1. The van der Waals surface area contributed by atoms with Gasteiger partial charge in [-0.15, -0.1) is 0 Å². The van der Waals surface area contributed by atoms with E-state index in [9.17, 15) is 9.18 Å². The number of fused-ring (bicyclic) bond motifs is 1. The first-order chi connectivity index (χ1) is 13.6. The molecule has 140 valence electrons. The van der Waals surface area contributed by atoms with Gasteiger partial charge < -0.3 is 14.4 Å². The Hall–Kier alpha value is -3.48. The first-order valence-corrected chi connectivity index (χ1v) is 9.07. The quantitative estimate of drug-likeness (QED) is 0.582. The van der Waals surface area contributed by atoms with Gasteiger partial charge in [0.05, 0.1) is 0 Å². The van der Waals surface area contributed by atoms with E-state index >= 15 is 0 Å². The maximum atomic E-state index is 13.7. The lowest BCUT2D eigenvalue weighted by atomic mass is 10.1. The van der Waals surface area contributed by atoms with Gasteiger partial charge in [0, 0.05) is 47.2 Å². The third kappa shape index (κ3) is 2.67. The Morgan fingerprint density at radius 1 is 1.25 bits per heavy atom. The number of aromatic amines is 1. The molecule has 0 bridgehead atoms. The summed E-state index contributed by atoms with van der Waals surface area (Å²) in [6.45, 7) is 2.26. The van der Waals surface area contributed by atoms with E-state index in [2.05, 4.69) is 15.1 Å². The molecule has 4 aromatic rings. The highest BCUT2D eigenvalue weighted by Gasteiger charge is 2.35. The van der Waals surface area contributed by atoms with Crippen LogP contribution in [-0.2, 0) is 4.79 Å². The molecule has 1 saturated heterocycles. The van der Waals surface area contributed by atoms with Crippen LogP contribution in [0.25, 0.3) is 22.4 Å². The monoisotopic (exact) mass is 376 g/mol. The number of H-pyrrole nitrogens is 1. The van der Waals surface area contributed by atoms with E-state index in [1.165, 1.54) is 12.1 Å². The fraction of sp³-hybridized carbons (Fsp3) is 0.190. The van der Waals surface area contributed by atoms with Gasteiger partial charge in [-0.3, -0.25) is 4.79 Å². The summed E-state index contributed by atoms with van der Waals surface area (Å²) in [5.41, 5.74) is 3.28. The fourth-order valence-electron chi connectivity index (χ4n) is 3.77. The number of carbonyl (C=O) groups is 1. The number of nitrogens with zero attached hydrogens (tertiary/aromatic N) is 3. The van der Waals surface area contributed by atoms with Crippen molar-refractivity contribution in [3.63, 3.8) is 0 Å². The molecule has 3 heterocycles. The highest BCUT2D eigenvalue weighted by Crippen LogP contribution is 2.34. The summed E-state index contributed by atoms with van der Waals surface area (Å²) in [6.07, 6.45) is 2.13. The molecule has 1 amide bonds. The van der Waals surface area contributed by atoms with Crippen molar-refractivity contribution in [1.29, 1.82) is 0 Å². The Morgan fingerprint density at radius 3 is 3.04 bits per heavy atom. The summed E-state index contributed by atoms with van der Waals surface area (Å²) in [7, 11) is 0. The number of rotatable bonds is 3. The Balaban J connectivity index is 1.45. The average Bonchev–Trinajstić information content (AvgIpc) is 3.42. The summed E-state index contributed by atoms with van der Waals surface area (Å²) < 4.78 is 19.2. The van der Waals surface area contributed by atoms with Gasteiger partial charge in [-0.05, 0) is 42.8 Å². The molecule has 2 aromatic carbocycles. The van der Waals surface area contributed by atoms with E-state index in [0.717, 1.165) is 22.0 Å². The number of amides is 1. The molecule has 7 heteroatoms. The number of nitrogens with one attached hydrogen (secondary N) is 1. The van der Waals surface area contributed by atoms with Crippen LogP contribution in [0.1, 0.15) is 23.7 Å². The predicted octanol–water partition coefficient (Wildman–Crippen LogP) is 4.19. The molecule has 2 aromatic heterocycles. The molecule has 1 aliphatic rings. The zero-order valence-corrected chi connectivity index (χ0v) is 15.1. The first kappa shape index (κ1) is 16.7. The number of benzene rings is 2. The van der Waals surface area contributed by atoms with Crippen molar-refractivity contribution in [3.8, 4) is 11.5 Å². The van der Waals surface area contributed by atoms with Crippen molar-refractivity contribution in [3.05, 3.63) is 65.9 Å². The zero-order valence-electron chi connectivity index (χ0n) is 15.1. The summed E-state index contributed by atoms with van der Waals surface area (Å²) in [5.74, 6) is 0.287. The lowest BCUT2D eigenvalue weighted by Gasteiger charge is -2.18. The Labute approximate surface area is 160 Å². The van der Waals surface area contributed by atoms with Crippen LogP contribution in [0.15, 0.2) is 53.2 Å². The molecule has 0 aliphatic carbocycles. The standard InChI is InChI=1S/C21H17FN4O2/c1-12-5-6-14(22)10-18(12)26-11-13(9-19(26)27)20-24-21(28-25-20)16-3-2-4-17-15(16)7-8-23-17/h2-8,10,13,23H,9,11H2,1H3. The number of hydrogen-bond acceptors (Lipinski definition) is 4. The SMILES string of the molecule is Cc1ccc(F)cc1N1CC(c2noc(-c3cccc4[nH]ccc34)n2)CC1=O. The van der Waals surface area contributed by atoms with Crippen LogP contribution in [-0.4, -0.2) is 27.6 Å². The highest BCUT2D eigenvalue weighted by atomic mass is 19.1. The minimum absolute atomic E-state index is 0.0715. The van der Waals surface area contributed by atoms with E-state index in [0.29, 0.717) is 23.9 Å². The number of aromatic nitrogens is 3. The van der Waals surface area contributed by atoms with Crippen LogP contribution in [0, 0.1) is 12.7 Å². The van der Waals surface area contributed by atoms with Gasteiger partial charge in [-0.25, -0.2) is 4.39 Å². The van der Waals surface area contributed by atoms with Crippen molar-refractivity contribution in [2.75, 3.05) is 11.4 Å². The van der Waals surface area contributed by atoms with Crippen molar-refractivity contribution in [2.24, 2.45) is 0 Å². The topological polar surface area (TPSA) is 75.0 Å². The molecular formula is C21H17FN4O2. The van der Waals surface area contributed by atoms with E-state index in [1.807, 2.05) is 37.4 Å². The minimum Gasteiger partial charge on any atom is -0.361 e. The summed E-state index contributed by atoms with van der Waals surface area (Å²) in [5, 5.41) is 5.12. The largest absolute Gasteiger partial charge is 0.361 e. The number of halogens is 1. The summed E-state index contributed by atoms with van der Waals surface area (Å²) in [4.78, 5) is 21.9. The summed E-state index contributed by atoms with van der Waals surface area (Å²) in [6, 6.07) is 12.2. The first-order valence-electron chi connectivity index (χ1n) is 9.07. The molecule has 1 fully saturated rings. The molecule has 0 radical (unpaired) electrons. The van der Waals surface area contributed by atoms with Gasteiger partial charge in [0.25, 0.3) is 5.89 Å². The number of anilines is 1. The third-order valence-corrected chi connectivity index (χ3v) is 5.22. The van der Waals surface area contributed by atoms with Crippen LogP contribution in [0.3, 0.4) is 0 Å². The van der Waals surface area contributed by atoms with E-state index < -0.39 is 0 Å². The summed E-state index contributed by atoms with van der Waals surface area (Å²) >= 11 is 0. The second-order valence-electron chi connectivity index (χ2n) is 7.04. The second-order valence-corrected chi connectivity index (χ2v) is 7.04. The smallest absolute Gasteiger partial charge is 0.258 e. The van der Waals surface area contributed by atoms with Crippen molar-refractivity contribution in [2.45, 2.75) is 19.3 Å². The van der Waals surface area contributed by atoms with Crippen LogP contribution >= 0.6 is 0 Å². The molecule has 0 spiro atoms. The Kier molecular flexibility index (Phi) is 3.75. The van der Waals surface area contributed by atoms with E-state index in [1.54, 1.807) is 11.0 Å². The van der Waals surface area contributed by atoms with Crippen LogP contribution in [0.5, 0.6) is 0 Å². The van der Waals surface area contributed by atoms with Gasteiger partial charge in [0.15, 0.2) is 5.82 Å². The van der Waals surface area contributed by atoms with Gasteiger partial charge in [0.2, 0.25) is 5.91 Å². The minimum atomic E-state index is -0.363. The zero-order chi connectivity index (χ0) is 19.3. The normalized spacial score (nSPS) is 17.0. The number of aryl methyl sites for hydroxylation is 1. The third-order valence-electron chi connectivity index (χ3n) is 5.22. The van der Waals surface area contributed by atoms with Gasteiger partial charge in [0.1, 0.15) is 5.82 Å². The second kappa shape index (κ2) is 6.30. The lowest BCUT2D eigenvalue weighted by molar-refractivity contribution is -0.117. The van der Waals surface area contributed by atoms with Crippen LogP contribution in [0.4, 0.5) is 10.1 Å². The van der Waals surface area contributed by atoms with Gasteiger partial charge in [-0.2, -0.15) is 4.98 Å². The molecule has 1 atom stereocenters. The van der Waals surface area contributed by atoms with Gasteiger partial charge in [-0.1, -0.05) is 17.3 Å². The molecule has 6 nitrogen and oxygen atoms in total. The molecule has 5 rings (SSSR count). The predicted molar refractivity (Wildman–Crippen MR) is 102 cm³/mol. The number of carbonyl (C=O) groups excluding carboxylic acids is 1.